The third-order valence-electron chi connectivity index (χ3n) is 5.92. The molecule has 2 aromatic rings. The number of halogens is 3. The first-order valence-corrected chi connectivity index (χ1v) is 12.1. The van der Waals surface area contributed by atoms with Crippen LogP contribution in [0.25, 0.3) is 0 Å². The summed E-state index contributed by atoms with van der Waals surface area (Å²) in [6.07, 6.45) is -0.283. The first kappa shape index (κ1) is 29.2. The molecule has 0 aliphatic carbocycles. The van der Waals surface area contributed by atoms with Gasteiger partial charge in [0, 0.05) is 24.8 Å². The molecule has 1 aromatic carbocycles. The van der Waals surface area contributed by atoms with E-state index in [1.54, 1.807) is 6.92 Å². The zero-order valence-electron chi connectivity index (χ0n) is 21.5. The molecular weight excluding hydrogens is 509 g/mol. The van der Waals surface area contributed by atoms with Crippen molar-refractivity contribution in [2.45, 2.75) is 45.4 Å². The second kappa shape index (κ2) is 12.9. The van der Waals surface area contributed by atoms with Crippen LogP contribution in [0.1, 0.15) is 36.8 Å². The molecule has 0 bridgehead atoms. The van der Waals surface area contributed by atoms with E-state index in [1.165, 1.54) is 19.4 Å². The number of amides is 1. The molecule has 1 aromatic heterocycles. The predicted octanol–water partition coefficient (Wildman–Crippen LogP) is 3.17. The van der Waals surface area contributed by atoms with Crippen LogP contribution in [0, 0.1) is 29.3 Å². The first-order valence-electron chi connectivity index (χ1n) is 12.1. The molecule has 2 N–H and O–H groups in total. The Bertz CT molecular complexity index is 1120. The molecule has 0 saturated carbocycles. The molecule has 2 heterocycles. The van der Waals surface area contributed by atoms with Crippen LogP contribution in [-0.4, -0.2) is 67.1 Å². The van der Waals surface area contributed by atoms with Gasteiger partial charge in [0.25, 0.3) is 5.91 Å². The normalized spacial score (nSPS) is 22.3. The van der Waals surface area contributed by atoms with E-state index < -0.39 is 59.2 Å². The van der Waals surface area contributed by atoms with E-state index in [4.69, 9.17) is 18.9 Å². The van der Waals surface area contributed by atoms with Gasteiger partial charge in [0.1, 0.15) is 6.10 Å². The van der Waals surface area contributed by atoms with Crippen molar-refractivity contribution in [2.75, 3.05) is 26.9 Å². The highest BCUT2D eigenvalue weighted by molar-refractivity contribution is 5.98. The molecule has 38 heavy (non-hydrogen) atoms. The van der Waals surface area contributed by atoms with Gasteiger partial charge >= 0.3 is 5.97 Å². The maximum Gasteiger partial charge on any atom is 0.331 e. The Morgan fingerprint density at radius 1 is 1.24 bits per heavy atom. The number of hydrogen-bond acceptors (Lipinski definition) is 8. The largest absolute Gasteiger partial charge is 0.503 e. The lowest BCUT2D eigenvalue weighted by Gasteiger charge is -2.31. The molecule has 1 saturated heterocycles. The molecule has 4 atom stereocenters. The average molecular weight is 541 g/mol. The molecule has 1 aliphatic heterocycles. The highest BCUT2D eigenvalue weighted by Gasteiger charge is 2.36. The Kier molecular flexibility index (Phi) is 9.92. The molecule has 1 amide bonds. The van der Waals surface area contributed by atoms with E-state index >= 15 is 0 Å². The van der Waals surface area contributed by atoms with Crippen molar-refractivity contribution in [3.05, 3.63) is 53.1 Å². The monoisotopic (exact) mass is 540 g/mol. The van der Waals surface area contributed by atoms with E-state index in [-0.39, 0.29) is 42.6 Å². The standard InChI is InChI=1S/C26H31F3N2O7/c1-13(2)10-37-24-14(3)38-26(34)19(31-25(33)22-23(32)20(35-4)5-6-30-22)12-36-11-16(24)7-15-8-17(27)21(29)18(28)9-15/h5-6,8-9,13-14,16,19,24,32H,7,10-12H2,1-4H3,(H,31,33)/t14-,16-,19-,24-/m0/s1. The van der Waals surface area contributed by atoms with Gasteiger partial charge < -0.3 is 29.4 Å². The van der Waals surface area contributed by atoms with Gasteiger partial charge in [-0.2, -0.15) is 0 Å². The van der Waals surface area contributed by atoms with Crippen molar-refractivity contribution in [3.63, 3.8) is 0 Å². The number of pyridine rings is 1. The smallest absolute Gasteiger partial charge is 0.331 e. The number of cyclic esters (lactones) is 1. The molecule has 208 valence electrons. The molecule has 0 unspecified atom stereocenters. The Morgan fingerprint density at radius 2 is 1.92 bits per heavy atom. The van der Waals surface area contributed by atoms with E-state index in [0.717, 1.165) is 12.1 Å². The van der Waals surface area contributed by atoms with E-state index in [0.29, 0.717) is 6.61 Å². The highest BCUT2D eigenvalue weighted by atomic mass is 19.2. The molecular formula is C26H31F3N2O7. The van der Waals surface area contributed by atoms with Gasteiger partial charge in [-0.05, 0) is 37.0 Å². The van der Waals surface area contributed by atoms with Crippen LogP contribution in [0.3, 0.4) is 0 Å². The lowest BCUT2D eigenvalue weighted by Crippen LogP contribution is -2.46. The number of nitrogens with zero attached hydrogens (tertiary/aromatic N) is 1. The fourth-order valence-electron chi connectivity index (χ4n) is 4.09. The highest BCUT2D eigenvalue weighted by Crippen LogP contribution is 2.28. The molecule has 12 heteroatoms. The Balaban J connectivity index is 1.82. The summed E-state index contributed by atoms with van der Waals surface area (Å²) in [5, 5.41) is 12.7. The topological polar surface area (TPSA) is 116 Å². The van der Waals surface area contributed by atoms with Crippen LogP contribution in [0.2, 0.25) is 0 Å². The Hall–Kier alpha value is -3.38. The predicted molar refractivity (Wildman–Crippen MR) is 128 cm³/mol. The van der Waals surface area contributed by atoms with Crippen LogP contribution < -0.4 is 10.1 Å². The van der Waals surface area contributed by atoms with E-state index in [1.807, 2.05) is 13.8 Å². The number of ether oxygens (including phenoxy) is 4. The number of hydrogen-bond donors (Lipinski definition) is 2. The number of esters is 1. The Labute approximate surface area is 218 Å². The van der Waals surface area contributed by atoms with Crippen molar-refractivity contribution in [1.29, 1.82) is 0 Å². The molecule has 1 aliphatic rings. The van der Waals surface area contributed by atoms with Crippen LogP contribution in [0.4, 0.5) is 13.2 Å². The van der Waals surface area contributed by atoms with Gasteiger partial charge in [-0.3, -0.25) is 4.79 Å². The summed E-state index contributed by atoms with van der Waals surface area (Å²) in [4.78, 5) is 29.6. The number of carbonyl (C=O) groups is 2. The summed E-state index contributed by atoms with van der Waals surface area (Å²) < 4.78 is 63.5. The second-order valence-corrected chi connectivity index (χ2v) is 9.45. The first-order chi connectivity index (χ1) is 18.0. The summed E-state index contributed by atoms with van der Waals surface area (Å²) in [6.45, 7) is 5.42. The summed E-state index contributed by atoms with van der Waals surface area (Å²) in [6, 6.07) is 1.90. The number of rotatable bonds is 8. The number of methoxy groups -OCH3 is 1. The summed E-state index contributed by atoms with van der Waals surface area (Å²) in [5.74, 6) is -6.77. The van der Waals surface area contributed by atoms with Crippen LogP contribution >= 0.6 is 0 Å². The van der Waals surface area contributed by atoms with Gasteiger partial charge in [-0.15, -0.1) is 0 Å². The molecule has 0 radical (unpaired) electrons. The fourth-order valence-corrected chi connectivity index (χ4v) is 4.09. The zero-order chi connectivity index (χ0) is 28.0. The van der Waals surface area contributed by atoms with Gasteiger partial charge in [0.2, 0.25) is 0 Å². The fraction of sp³-hybridized carbons (Fsp3) is 0.500. The van der Waals surface area contributed by atoms with E-state index in [2.05, 4.69) is 10.3 Å². The quantitative estimate of drug-likeness (QED) is 0.388. The number of aromatic nitrogens is 1. The van der Waals surface area contributed by atoms with Gasteiger partial charge in [-0.1, -0.05) is 13.8 Å². The summed E-state index contributed by atoms with van der Waals surface area (Å²) in [7, 11) is 1.31. The molecule has 0 spiro atoms. The van der Waals surface area contributed by atoms with Gasteiger partial charge in [0.15, 0.2) is 40.7 Å². The Morgan fingerprint density at radius 3 is 2.55 bits per heavy atom. The summed E-state index contributed by atoms with van der Waals surface area (Å²) in [5.41, 5.74) is -0.184. The van der Waals surface area contributed by atoms with Crippen molar-refractivity contribution >= 4 is 11.9 Å². The minimum atomic E-state index is -1.57. The number of aromatic hydroxyl groups is 1. The molecule has 1 fully saturated rings. The van der Waals surface area contributed by atoms with Crippen LogP contribution in [0.15, 0.2) is 24.4 Å². The lowest BCUT2D eigenvalue weighted by molar-refractivity contribution is -0.160. The zero-order valence-corrected chi connectivity index (χ0v) is 21.5. The van der Waals surface area contributed by atoms with Crippen molar-refractivity contribution in [2.24, 2.45) is 11.8 Å². The van der Waals surface area contributed by atoms with Crippen LogP contribution in [-0.2, 0) is 25.4 Å². The SMILES string of the molecule is COc1ccnc(C(=O)N[C@H]2COC[C@H](Cc3cc(F)c(F)c(F)c3)[C@@H](OCC(C)C)[C@H](C)OC2=O)c1O. The van der Waals surface area contributed by atoms with Crippen LogP contribution in [0.5, 0.6) is 11.5 Å². The molecule has 9 nitrogen and oxygen atoms in total. The maximum atomic E-state index is 13.9. The van der Waals surface area contributed by atoms with Gasteiger partial charge in [-0.25, -0.2) is 22.9 Å². The lowest BCUT2D eigenvalue weighted by atomic mass is 9.91. The maximum absolute atomic E-state index is 13.9. The summed E-state index contributed by atoms with van der Waals surface area (Å²) >= 11 is 0. The molecule has 3 rings (SSSR count). The van der Waals surface area contributed by atoms with Gasteiger partial charge in [0.05, 0.1) is 26.4 Å². The minimum absolute atomic E-state index is 0.0220. The van der Waals surface area contributed by atoms with Crippen molar-refractivity contribution < 1.29 is 46.8 Å². The van der Waals surface area contributed by atoms with Crippen molar-refractivity contribution in [3.8, 4) is 11.5 Å². The number of nitrogens with one attached hydrogen (secondary N) is 1. The van der Waals surface area contributed by atoms with Crippen molar-refractivity contribution in [1.82, 2.24) is 10.3 Å². The third kappa shape index (κ3) is 7.13. The number of carbonyl (C=O) groups excluding carboxylic acids is 2. The third-order valence-corrected chi connectivity index (χ3v) is 5.92. The minimum Gasteiger partial charge on any atom is -0.503 e. The average Bonchev–Trinajstić information content (AvgIpc) is 2.90. The second-order valence-electron chi connectivity index (χ2n) is 9.45. The number of benzene rings is 1. The van der Waals surface area contributed by atoms with E-state index in [9.17, 15) is 27.9 Å².